The van der Waals surface area contributed by atoms with Crippen LogP contribution in [0.1, 0.15) is 78.6 Å². The highest BCUT2D eigenvalue weighted by Gasteiger charge is 2.60. The molecule has 0 heterocycles. The molecule has 20 heavy (non-hydrogen) atoms. The quantitative estimate of drug-likeness (QED) is 0.534. The fourth-order valence-corrected chi connectivity index (χ4v) is 4.40. The van der Waals surface area contributed by atoms with Crippen LogP contribution >= 0.6 is 0 Å². The lowest BCUT2D eigenvalue weighted by Crippen LogP contribution is -2.48. The zero-order valence-electron chi connectivity index (χ0n) is 13.2. The summed E-state index contributed by atoms with van der Waals surface area (Å²) in [6.45, 7) is 6.37. The SMILES string of the molecule is CC(C)C1(CCCC(C)C2(C(F)(F)F)CCC2)CCC1. The summed E-state index contributed by atoms with van der Waals surface area (Å²) in [5.41, 5.74) is -0.900. The minimum Gasteiger partial charge on any atom is -0.170 e. The van der Waals surface area contributed by atoms with Gasteiger partial charge in [-0.05, 0) is 55.8 Å². The Morgan fingerprint density at radius 3 is 1.80 bits per heavy atom. The number of halogens is 3. The van der Waals surface area contributed by atoms with Gasteiger partial charge < -0.3 is 0 Å². The molecule has 0 aliphatic heterocycles. The van der Waals surface area contributed by atoms with Crippen LogP contribution in [0.15, 0.2) is 0 Å². The summed E-state index contributed by atoms with van der Waals surface area (Å²) in [6.07, 6.45) is 4.16. The van der Waals surface area contributed by atoms with Crippen LogP contribution in [0.25, 0.3) is 0 Å². The highest BCUT2D eigenvalue weighted by atomic mass is 19.4. The predicted molar refractivity (Wildman–Crippen MR) is 76.5 cm³/mol. The van der Waals surface area contributed by atoms with Gasteiger partial charge in [0.1, 0.15) is 0 Å². The van der Waals surface area contributed by atoms with Gasteiger partial charge in [0.2, 0.25) is 0 Å². The number of hydrogen-bond donors (Lipinski definition) is 0. The molecular formula is C17H29F3. The van der Waals surface area contributed by atoms with Crippen molar-refractivity contribution in [2.75, 3.05) is 0 Å². The minimum atomic E-state index is -4.00. The first-order valence-corrected chi connectivity index (χ1v) is 8.30. The molecule has 0 N–H and O–H groups in total. The van der Waals surface area contributed by atoms with E-state index in [0.717, 1.165) is 25.7 Å². The molecular weight excluding hydrogens is 261 g/mol. The van der Waals surface area contributed by atoms with Crippen LogP contribution in [0.4, 0.5) is 13.2 Å². The number of rotatable bonds is 6. The van der Waals surface area contributed by atoms with E-state index in [1.165, 1.54) is 19.3 Å². The second-order valence-electron chi connectivity index (χ2n) is 7.67. The van der Waals surface area contributed by atoms with Crippen molar-refractivity contribution in [2.24, 2.45) is 22.7 Å². The largest absolute Gasteiger partial charge is 0.394 e. The summed E-state index contributed by atoms with van der Waals surface area (Å²) in [7, 11) is 0. The molecule has 2 aliphatic rings. The van der Waals surface area contributed by atoms with E-state index in [-0.39, 0.29) is 5.92 Å². The Kier molecular flexibility index (Phi) is 4.47. The van der Waals surface area contributed by atoms with Gasteiger partial charge in [-0.25, -0.2) is 0 Å². The van der Waals surface area contributed by atoms with E-state index in [0.29, 0.717) is 24.2 Å². The molecule has 118 valence electrons. The Balaban J connectivity index is 1.85. The average molecular weight is 290 g/mol. The van der Waals surface area contributed by atoms with Gasteiger partial charge in [-0.1, -0.05) is 40.0 Å². The van der Waals surface area contributed by atoms with Gasteiger partial charge in [-0.15, -0.1) is 0 Å². The summed E-state index contributed by atoms with van der Waals surface area (Å²) in [5.74, 6) is 0.465. The van der Waals surface area contributed by atoms with Gasteiger partial charge in [-0.2, -0.15) is 13.2 Å². The topological polar surface area (TPSA) is 0 Å². The van der Waals surface area contributed by atoms with Crippen molar-refractivity contribution in [1.29, 1.82) is 0 Å². The van der Waals surface area contributed by atoms with Crippen LogP contribution in [-0.4, -0.2) is 6.18 Å². The van der Waals surface area contributed by atoms with Crippen molar-refractivity contribution in [3.05, 3.63) is 0 Å². The fraction of sp³-hybridized carbons (Fsp3) is 1.00. The third kappa shape index (κ3) is 2.62. The normalized spacial score (nSPS) is 25.9. The molecule has 0 saturated heterocycles. The maximum Gasteiger partial charge on any atom is 0.394 e. The number of alkyl halides is 3. The third-order valence-electron chi connectivity index (χ3n) is 6.64. The van der Waals surface area contributed by atoms with Gasteiger partial charge in [0.15, 0.2) is 0 Å². The molecule has 2 fully saturated rings. The van der Waals surface area contributed by atoms with Crippen molar-refractivity contribution < 1.29 is 13.2 Å². The van der Waals surface area contributed by atoms with Crippen molar-refractivity contribution >= 4 is 0 Å². The lowest BCUT2D eigenvalue weighted by atomic mass is 9.57. The molecule has 0 radical (unpaired) electrons. The highest BCUT2D eigenvalue weighted by Crippen LogP contribution is 2.59. The molecule has 0 aromatic carbocycles. The molecule has 2 rings (SSSR count). The van der Waals surface area contributed by atoms with E-state index >= 15 is 0 Å². The maximum absolute atomic E-state index is 13.3. The molecule has 2 saturated carbocycles. The van der Waals surface area contributed by atoms with E-state index in [1.54, 1.807) is 0 Å². The van der Waals surface area contributed by atoms with Crippen LogP contribution in [0.5, 0.6) is 0 Å². The standard InChI is InChI=1S/C17H29F3/c1-13(2)15(9-5-10-15)8-4-7-14(3)16(11-6-12-16)17(18,19)20/h13-14H,4-12H2,1-3H3. The van der Waals surface area contributed by atoms with E-state index in [9.17, 15) is 13.2 Å². The van der Waals surface area contributed by atoms with E-state index in [4.69, 9.17) is 0 Å². The number of hydrogen-bond acceptors (Lipinski definition) is 0. The minimum absolute atomic E-state index is 0.208. The second kappa shape index (κ2) is 5.53. The Bertz CT molecular complexity index is 322. The summed E-state index contributed by atoms with van der Waals surface area (Å²) in [5, 5.41) is 0. The third-order valence-corrected chi connectivity index (χ3v) is 6.64. The molecule has 0 aromatic heterocycles. The van der Waals surface area contributed by atoms with Crippen LogP contribution in [-0.2, 0) is 0 Å². The van der Waals surface area contributed by atoms with E-state index in [1.807, 2.05) is 6.92 Å². The molecule has 1 atom stereocenters. The van der Waals surface area contributed by atoms with Crippen LogP contribution in [0.2, 0.25) is 0 Å². The first-order valence-electron chi connectivity index (χ1n) is 8.30. The van der Waals surface area contributed by atoms with Gasteiger partial charge >= 0.3 is 6.18 Å². The molecule has 0 nitrogen and oxygen atoms in total. The van der Waals surface area contributed by atoms with Crippen LogP contribution in [0.3, 0.4) is 0 Å². The van der Waals surface area contributed by atoms with Gasteiger partial charge in [0, 0.05) is 0 Å². The highest BCUT2D eigenvalue weighted by molar-refractivity contribution is 4.98. The molecule has 1 unspecified atom stereocenters. The fourth-order valence-electron chi connectivity index (χ4n) is 4.40. The van der Waals surface area contributed by atoms with Crippen LogP contribution < -0.4 is 0 Å². The Morgan fingerprint density at radius 1 is 0.950 bits per heavy atom. The van der Waals surface area contributed by atoms with E-state index < -0.39 is 11.6 Å². The monoisotopic (exact) mass is 290 g/mol. The first kappa shape index (κ1) is 16.2. The zero-order chi connectivity index (χ0) is 15.0. The molecule has 0 spiro atoms. The van der Waals surface area contributed by atoms with Crippen molar-refractivity contribution in [3.8, 4) is 0 Å². The lowest BCUT2D eigenvalue weighted by molar-refractivity contribution is -0.270. The summed E-state index contributed by atoms with van der Waals surface area (Å²) in [6, 6.07) is 0. The zero-order valence-corrected chi connectivity index (χ0v) is 13.2. The van der Waals surface area contributed by atoms with Gasteiger partial charge in [-0.3, -0.25) is 0 Å². The lowest BCUT2D eigenvalue weighted by Gasteiger charge is -2.49. The summed E-state index contributed by atoms with van der Waals surface area (Å²) < 4.78 is 39.8. The molecule has 3 heteroatoms. The molecule has 0 bridgehead atoms. The maximum atomic E-state index is 13.3. The van der Waals surface area contributed by atoms with Crippen molar-refractivity contribution in [3.63, 3.8) is 0 Å². The summed E-state index contributed by atoms with van der Waals surface area (Å²) in [4.78, 5) is 0. The molecule has 2 aliphatic carbocycles. The van der Waals surface area contributed by atoms with Crippen molar-refractivity contribution in [1.82, 2.24) is 0 Å². The second-order valence-corrected chi connectivity index (χ2v) is 7.67. The Hall–Kier alpha value is -0.210. The smallest absolute Gasteiger partial charge is 0.170 e. The predicted octanol–water partition coefficient (Wildman–Crippen LogP) is 6.35. The summed E-state index contributed by atoms with van der Waals surface area (Å²) >= 11 is 0. The first-order chi connectivity index (χ1) is 9.24. The molecule has 0 aromatic rings. The van der Waals surface area contributed by atoms with Crippen molar-refractivity contribution in [2.45, 2.75) is 84.7 Å². The van der Waals surface area contributed by atoms with Gasteiger partial charge in [0.05, 0.1) is 5.41 Å². The van der Waals surface area contributed by atoms with Crippen LogP contribution in [0, 0.1) is 22.7 Å². The Labute approximate surface area is 121 Å². The van der Waals surface area contributed by atoms with E-state index in [2.05, 4.69) is 13.8 Å². The van der Waals surface area contributed by atoms with Gasteiger partial charge in [0.25, 0.3) is 0 Å². The molecule has 0 amide bonds. The average Bonchev–Trinajstić information content (AvgIpc) is 2.16. The Morgan fingerprint density at radius 2 is 1.50 bits per heavy atom.